The Kier molecular flexibility index (Phi) is 6.51. The Bertz CT molecular complexity index is 365. The van der Waals surface area contributed by atoms with Crippen molar-refractivity contribution in [2.75, 3.05) is 40.4 Å². The summed E-state index contributed by atoms with van der Waals surface area (Å²) in [5.41, 5.74) is 1.37. The summed E-state index contributed by atoms with van der Waals surface area (Å²) in [7, 11) is 4.22. The van der Waals surface area contributed by atoms with E-state index in [0.29, 0.717) is 6.04 Å². The highest BCUT2D eigenvalue weighted by atomic mass is 16.5. The molecule has 0 aromatic heterocycles. The van der Waals surface area contributed by atoms with Gasteiger partial charge in [-0.2, -0.15) is 0 Å². The molecule has 0 spiro atoms. The third kappa shape index (κ3) is 5.61. The molecule has 3 nitrogen and oxygen atoms in total. The fourth-order valence-corrected chi connectivity index (χ4v) is 2.38. The van der Waals surface area contributed by atoms with Crippen molar-refractivity contribution >= 4 is 0 Å². The van der Waals surface area contributed by atoms with Crippen molar-refractivity contribution in [2.24, 2.45) is 5.92 Å². The van der Waals surface area contributed by atoms with Crippen LogP contribution in [0, 0.1) is 5.92 Å². The van der Waals surface area contributed by atoms with Gasteiger partial charge < -0.3 is 15.0 Å². The summed E-state index contributed by atoms with van der Waals surface area (Å²) in [6.45, 7) is 3.95. The number of nitrogens with one attached hydrogen (secondary N) is 1. The van der Waals surface area contributed by atoms with Crippen molar-refractivity contribution < 1.29 is 4.74 Å². The van der Waals surface area contributed by atoms with Crippen LogP contribution in [0.25, 0.3) is 0 Å². The number of rotatable bonds is 10. The second kappa shape index (κ2) is 8.40. The van der Waals surface area contributed by atoms with Gasteiger partial charge in [-0.3, -0.25) is 0 Å². The number of hydrogen-bond acceptors (Lipinski definition) is 3. The molecule has 0 radical (unpaired) electrons. The van der Waals surface area contributed by atoms with Gasteiger partial charge in [-0.25, -0.2) is 0 Å². The quantitative estimate of drug-likeness (QED) is 0.665. The molecule has 0 heterocycles. The molecule has 20 heavy (non-hydrogen) atoms. The van der Waals surface area contributed by atoms with Crippen molar-refractivity contribution in [2.45, 2.75) is 25.3 Å². The molecule has 1 aromatic rings. The third-order valence-electron chi connectivity index (χ3n) is 4.02. The first-order valence-corrected chi connectivity index (χ1v) is 7.78. The lowest BCUT2D eigenvalue weighted by molar-refractivity contribution is 0.102. The van der Waals surface area contributed by atoms with Gasteiger partial charge in [0, 0.05) is 19.2 Å². The number of nitrogens with zero attached hydrogens (tertiary/aromatic N) is 1. The first kappa shape index (κ1) is 15.5. The van der Waals surface area contributed by atoms with Crippen LogP contribution in [0.5, 0.6) is 0 Å². The molecule has 112 valence electrons. The Labute approximate surface area is 123 Å². The Morgan fingerprint density at radius 3 is 2.65 bits per heavy atom. The SMILES string of the molecule is CNC(CCN(C)CCOCC1CC1)c1ccccc1. The van der Waals surface area contributed by atoms with Crippen molar-refractivity contribution in [3.05, 3.63) is 35.9 Å². The van der Waals surface area contributed by atoms with Gasteiger partial charge in [0.05, 0.1) is 6.61 Å². The lowest BCUT2D eigenvalue weighted by atomic mass is 10.0. The summed E-state index contributed by atoms with van der Waals surface area (Å²) in [6, 6.07) is 11.1. The average Bonchev–Trinajstić information content (AvgIpc) is 3.30. The molecule has 1 aliphatic rings. The molecular formula is C17H28N2O. The minimum atomic E-state index is 0.436. The zero-order valence-electron chi connectivity index (χ0n) is 12.8. The Balaban J connectivity index is 1.61. The highest BCUT2D eigenvalue weighted by Crippen LogP contribution is 2.28. The average molecular weight is 276 g/mol. The van der Waals surface area contributed by atoms with Gasteiger partial charge >= 0.3 is 0 Å². The first-order chi connectivity index (χ1) is 9.79. The molecule has 1 aromatic carbocycles. The normalized spacial score (nSPS) is 16.6. The van der Waals surface area contributed by atoms with E-state index < -0.39 is 0 Å². The summed E-state index contributed by atoms with van der Waals surface area (Å²) in [5.74, 6) is 0.868. The standard InChI is InChI=1S/C17H28N2O/c1-18-17(16-6-4-3-5-7-16)10-11-19(2)12-13-20-14-15-8-9-15/h3-7,15,17-18H,8-14H2,1-2H3. The minimum absolute atomic E-state index is 0.436. The Morgan fingerprint density at radius 2 is 2.00 bits per heavy atom. The summed E-state index contributed by atoms with van der Waals surface area (Å²) >= 11 is 0. The number of hydrogen-bond donors (Lipinski definition) is 1. The van der Waals surface area contributed by atoms with E-state index in [9.17, 15) is 0 Å². The summed E-state index contributed by atoms with van der Waals surface area (Å²) in [4.78, 5) is 2.36. The second-order valence-electron chi connectivity index (χ2n) is 5.86. The van der Waals surface area contributed by atoms with Gasteiger partial charge in [-0.1, -0.05) is 30.3 Å². The predicted molar refractivity (Wildman–Crippen MR) is 83.9 cm³/mol. The molecule has 1 atom stereocenters. The largest absolute Gasteiger partial charge is 0.380 e. The molecule has 0 amide bonds. The lowest BCUT2D eigenvalue weighted by Crippen LogP contribution is -2.28. The van der Waals surface area contributed by atoms with Crippen LogP contribution in [0.15, 0.2) is 30.3 Å². The maximum absolute atomic E-state index is 5.69. The fraction of sp³-hybridized carbons (Fsp3) is 0.647. The summed E-state index contributed by atoms with van der Waals surface area (Å²) in [6.07, 6.45) is 3.87. The molecule has 1 N–H and O–H groups in total. The van der Waals surface area contributed by atoms with E-state index in [1.807, 2.05) is 7.05 Å². The van der Waals surface area contributed by atoms with Crippen LogP contribution < -0.4 is 5.32 Å². The van der Waals surface area contributed by atoms with Crippen LogP contribution >= 0.6 is 0 Å². The minimum Gasteiger partial charge on any atom is -0.380 e. The maximum atomic E-state index is 5.69. The van der Waals surface area contributed by atoms with Crippen LogP contribution in [0.3, 0.4) is 0 Å². The van der Waals surface area contributed by atoms with Gasteiger partial charge in [0.1, 0.15) is 0 Å². The van der Waals surface area contributed by atoms with Crippen LogP contribution in [-0.4, -0.2) is 45.3 Å². The van der Waals surface area contributed by atoms with E-state index >= 15 is 0 Å². The molecule has 1 fully saturated rings. The number of likely N-dealkylation sites (N-methyl/N-ethyl adjacent to an activating group) is 1. The van der Waals surface area contributed by atoms with Gasteiger partial charge in [0.2, 0.25) is 0 Å². The second-order valence-corrected chi connectivity index (χ2v) is 5.86. The molecule has 1 aliphatic carbocycles. The Hall–Kier alpha value is -0.900. The smallest absolute Gasteiger partial charge is 0.0593 e. The van der Waals surface area contributed by atoms with E-state index in [4.69, 9.17) is 4.74 Å². The van der Waals surface area contributed by atoms with Crippen LogP contribution in [0.4, 0.5) is 0 Å². The van der Waals surface area contributed by atoms with Gasteiger partial charge in [0.25, 0.3) is 0 Å². The molecule has 1 saturated carbocycles. The first-order valence-electron chi connectivity index (χ1n) is 7.78. The van der Waals surface area contributed by atoms with E-state index in [2.05, 4.69) is 47.6 Å². The van der Waals surface area contributed by atoms with E-state index in [1.165, 1.54) is 18.4 Å². The molecule has 0 bridgehead atoms. The highest BCUT2D eigenvalue weighted by molar-refractivity contribution is 5.18. The van der Waals surface area contributed by atoms with E-state index in [1.54, 1.807) is 0 Å². The maximum Gasteiger partial charge on any atom is 0.0593 e. The van der Waals surface area contributed by atoms with Gasteiger partial charge in [-0.15, -0.1) is 0 Å². The molecular weight excluding hydrogens is 248 g/mol. The summed E-state index contributed by atoms with van der Waals surface area (Å²) < 4.78 is 5.69. The van der Waals surface area contributed by atoms with Crippen LogP contribution in [0.2, 0.25) is 0 Å². The predicted octanol–water partition coefficient (Wildman–Crippen LogP) is 2.70. The molecule has 3 heteroatoms. The van der Waals surface area contributed by atoms with Gasteiger partial charge in [-0.05, 0) is 51.4 Å². The van der Waals surface area contributed by atoms with Crippen molar-refractivity contribution in [3.8, 4) is 0 Å². The molecule has 2 rings (SSSR count). The fourth-order valence-electron chi connectivity index (χ4n) is 2.38. The molecule has 0 saturated heterocycles. The van der Waals surface area contributed by atoms with Gasteiger partial charge in [0.15, 0.2) is 0 Å². The topological polar surface area (TPSA) is 24.5 Å². The van der Waals surface area contributed by atoms with Crippen molar-refractivity contribution in [1.29, 1.82) is 0 Å². The van der Waals surface area contributed by atoms with Crippen molar-refractivity contribution in [1.82, 2.24) is 10.2 Å². The van der Waals surface area contributed by atoms with E-state index in [-0.39, 0.29) is 0 Å². The summed E-state index contributed by atoms with van der Waals surface area (Å²) in [5, 5.41) is 3.41. The molecule has 0 aliphatic heterocycles. The third-order valence-corrected chi connectivity index (χ3v) is 4.02. The van der Waals surface area contributed by atoms with Crippen LogP contribution in [-0.2, 0) is 4.74 Å². The number of ether oxygens (including phenoxy) is 1. The van der Waals surface area contributed by atoms with Crippen molar-refractivity contribution in [3.63, 3.8) is 0 Å². The lowest BCUT2D eigenvalue weighted by Gasteiger charge is -2.21. The number of benzene rings is 1. The molecule has 1 unspecified atom stereocenters. The van der Waals surface area contributed by atoms with Crippen LogP contribution in [0.1, 0.15) is 30.9 Å². The zero-order chi connectivity index (χ0) is 14.2. The Morgan fingerprint density at radius 1 is 1.25 bits per heavy atom. The van der Waals surface area contributed by atoms with E-state index in [0.717, 1.165) is 38.6 Å². The monoisotopic (exact) mass is 276 g/mol. The zero-order valence-corrected chi connectivity index (χ0v) is 12.8. The highest BCUT2D eigenvalue weighted by Gasteiger charge is 2.20.